The van der Waals surface area contributed by atoms with Crippen LogP contribution in [0, 0.1) is 0 Å². The number of ether oxygens (including phenoxy) is 1. The first-order chi connectivity index (χ1) is 10.6. The minimum atomic E-state index is -0.625. The summed E-state index contributed by atoms with van der Waals surface area (Å²) in [4.78, 5) is 25.9. The van der Waals surface area contributed by atoms with E-state index in [0.29, 0.717) is 5.02 Å². The zero-order valence-electron chi connectivity index (χ0n) is 12.5. The van der Waals surface area contributed by atoms with Crippen LogP contribution in [0.5, 0.6) is 0 Å². The molecule has 22 heavy (non-hydrogen) atoms. The van der Waals surface area contributed by atoms with Gasteiger partial charge in [0.25, 0.3) is 5.91 Å². The number of amides is 1. The van der Waals surface area contributed by atoms with Gasteiger partial charge in [0.2, 0.25) is 0 Å². The number of carbonyl (C=O) groups excluding carboxylic acids is 2. The number of rotatable bonds is 3. The lowest BCUT2D eigenvalue weighted by atomic mass is 10.1. The summed E-state index contributed by atoms with van der Waals surface area (Å²) in [5.41, 5.74) is 6.10. The van der Waals surface area contributed by atoms with Gasteiger partial charge in [-0.15, -0.1) is 0 Å². The minimum absolute atomic E-state index is 0.157. The number of halogens is 1. The van der Waals surface area contributed by atoms with Crippen LogP contribution in [0.4, 0.5) is 5.69 Å². The Kier molecular flexibility index (Phi) is 6.07. The monoisotopic (exact) mass is 324 g/mol. The van der Waals surface area contributed by atoms with E-state index in [0.717, 1.165) is 38.8 Å². The largest absolute Gasteiger partial charge is 0.452 e. The highest BCUT2D eigenvalue weighted by Gasteiger charge is 2.18. The molecule has 0 saturated carbocycles. The highest BCUT2D eigenvalue weighted by Crippen LogP contribution is 2.23. The molecule has 2 rings (SSSR count). The smallest absolute Gasteiger partial charge is 0.340 e. The molecule has 0 radical (unpaired) electrons. The van der Waals surface area contributed by atoms with Crippen molar-refractivity contribution in [1.29, 1.82) is 0 Å². The molecule has 1 saturated heterocycles. The van der Waals surface area contributed by atoms with Crippen LogP contribution in [0.1, 0.15) is 42.5 Å². The Hall–Kier alpha value is -1.75. The summed E-state index contributed by atoms with van der Waals surface area (Å²) in [6, 6.07) is 4.75. The molecule has 0 aliphatic carbocycles. The predicted molar refractivity (Wildman–Crippen MR) is 85.8 cm³/mol. The van der Waals surface area contributed by atoms with Gasteiger partial charge in [-0.2, -0.15) is 0 Å². The fourth-order valence-corrected chi connectivity index (χ4v) is 2.68. The summed E-state index contributed by atoms with van der Waals surface area (Å²) < 4.78 is 5.08. The Morgan fingerprint density at radius 1 is 1.14 bits per heavy atom. The third-order valence-electron chi connectivity index (χ3n) is 3.81. The summed E-state index contributed by atoms with van der Waals surface area (Å²) in [5, 5.41) is 0.296. The number of esters is 1. The fraction of sp³-hybridized carbons (Fsp3) is 0.500. The number of hydrogen-bond acceptors (Lipinski definition) is 4. The zero-order valence-corrected chi connectivity index (χ0v) is 13.3. The number of nitrogens with zero attached hydrogens (tertiary/aromatic N) is 1. The molecule has 0 atom stereocenters. The molecule has 0 spiro atoms. The lowest BCUT2D eigenvalue weighted by Gasteiger charge is -2.24. The van der Waals surface area contributed by atoms with Gasteiger partial charge in [-0.1, -0.05) is 36.9 Å². The second kappa shape index (κ2) is 8.03. The van der Waals surface area contributed by atoms with Crippen molar-refractivity contribution in [3.8, 4) is 0 Å². The van der Waals surface area contributed by atoms with E-state index in [1.165, 1.54) is 12.5 Å². The zero-order chi connectivity index (χ0) is 15.9. The van der Waals surface area contributed by atoms with Crippen LogP contribution < -0.4 is 5.73 Å². The molecule has 120 valence electrons. The number of nitrogen functional groups attached to an aromatic ring is 1. The maximum absolute atomic E-state index is 12.1. The first kappa shape index (κ1) is 16.6. The average molecular weight is 325 g/mol. The molecule has 1 aromatic carbocycles. The lowest BCUT2D eigenvalue weighted by molar-refractivity contribution is -0.134. The van der Waals surface area contributed by atoms with E-state index in [1.54, 1.807) is 17.0 Å². The summed E-state index contributed by atoms with van der Waals surface area (Å²) in [6.45, 7) is 1.20. The molecule has 1 fully saturated rings. The summed E-state index contributed by atoms with van der Waals surface area (Å²) in [5.74, 6) is -0.781. The van der Waals surface area contributed by atoms with Gasteiger partial charge in [-0.25, -0.2) is 4.79 Å². The molecule has 1 amide bonds. The fourth-order valence-electron chi connectivity index (χ4n) is 2.51. The van der Waals surface area contributed by atoms with E-state index in [2.05, 4.69) is 0 Å². The highest BCUT2D eigenvalue weighted by molar-refractivity contribution is 6.33. The van der Waals surface area contributed by atoms with Crippen molar-refractivity contribution >= 4 is 29.2 Å². The van der Waals surface area contributed by atoms with Crippen LogP contribution in [-0.2, 0) is 9.53 Å². The van der Waals surface area contributed by atoms with Gasteiger partial charge in [0.05, 0.1) is 16.3 Å². The summed E-state index contributed by atoms with van der Waals surface area (Å²) >= 11 is 5.87. The van der Waals surface area contributed by atoms with E-state index in [1.807, 2.05) is 0 Å². The Bertz CT molecular complexity index is 540. The molecular weight excluding hydrogens is 304 g/mol. The molecule has 1 heterocycles. The summed E-state index contributed by atoms with van der Waals surface area (Å²) in [6.07, 6.45) is 5.51. The number of nitrogens with two attached hydrogens (primary N) is 1. The van der Waals surface area contributed by atoms with Crippen molar-refractivity contribution in [2.45, 2.75) is 32.1 Å². The second-order valence-electron chi connectivity index (χ2n) is 5.43. The molecule has 1 aliphatic rings. The first-order valence-electron chi connectivity index (χ1n) is 7.58. The van der Waals surface area contributed by atoms with Crippen molar-refractivity contribution in [3.05, 3.63) is 28.8 Å². The topological polar surface area (TPSA) is 72.6 Å². The normalized spacial score (nSPS) is 15.8. The van der Waals surface area contributed by atoms with Crippen molar-refractivity contribution < 1.29 is 14.3 Å². The van der Waals surface area contributed by atoms with Crippen molar-refractivity contribution in [3.63, 3.8) is 0 Å². The minimum Gasteiger partial charge on any atom is -0.452 e. The average Bonchev–Trinajstić information content (AvgIpc) is 2.47. The third-order valence-corrected chi connectivity index (χ3v) is 4.14. The molecular formula is C16H21ClN2O3. The molecule has 0 bridgehead atoms. The summed E-state index contributed by atoms with van der Waals surface area (Å²) in [7, 11) is 0. The van der Waals surface area contributed by atoms with E-state index in [-0.39, 0.29) is 23.8 Å². The number of likely N-dealkylation sites (tertiary alicyclic amines) is 1. The van der Waals surface area contributed by atoms with Gasteiger partial charge >= 0.3 is 5.97 Å². The predicted octanol–water partition coefficient (Wildman–Crippen LogP) is 2.87. The van der Waals surface area contributed by atoms with Crippen LogP contribution in [-0.4, -0.2) is 36.5 Å². The maximum atomic E-state index is 12.1. The Morgan fingerprint density at radius 3 is 2.45 bits per heavy atom. The van der Waals surface area contributed by atoms with Crippen LogP contribution in [0.15, 0.2) is 18.2 Å². The van der Waals surface area contributed by atoms with Crippen LogP contribution in [0.2, 0.25) is 5.02 Å². The van der Waals surface area contributed by atoms with E-state index < -0.39 is 5.97 Å². The van der Waals surface area contributed by atoms with Gasteiger partial charge < -0.3 is 15.4 Å². The Morgan fingerprint density at radius 2 is 1.77 bits per heavy atom. The van der Waals surface area contributed by atoms with Crippen molar-refractivity contribution in [2.75, 3.05) is 25.4 Å². The molecule has 2 N–H and O–H groups in total. The highest BCUT2D eigenvalue weighted by atomic mass is 35.5. The van der Waals surface area contributed by atoms with Crippen LogP contribution >= 0.6 is 11.6 Å². The number of benzene rings is 1. The number of anilines is 1. The molecule has 0 aromatic heterocycles. The molecule has 6 heteroatoms. The van der Waals surface area contributed by atoms with Gasteiger partial charge in [0.1, 0.15) is 0 Å². The second-order valence-corrected chi connectivity index (χ2v) is 5.83. The first-order valence-corrected chi connectivity index (χ1v) is 7.96. The molecule has 0 unspecified atom stereocenters. The van der Waals surface area contributed by atoms with Crippen LogP contribution in [0.25, 0.3) is 0 Å². The van der Waals surface area contributed by atoms with Gasteiger partial charge in [0.15, 0.2) is 6.61 Å². The van der Waals surface area contributed by atoms with E-state index in [4.69, 9.17) is 22.1 Å². The Labute approximate surface area is 135 Å². The molecule has 5 nitrogen and oxygen atoms in total. The van der Waals surface area contributed by atoms with Gasteiger partial charge in [0, 0.05) is 13.1 Å². The third kappa shape index (κ3) is 4.37. The lowest BCUT2D eigenvalue weighted by Crippen LogP contribution is -2.37. The quantitative estimate of drug-likeness (QED) is 0.685. The van der Waals surface area contributed by atoms with Gasteiger partial charge in [-0.05, 0) is 25.0 Å². The van der Waals surface area contributed by atoms with E-state index >= 15 is 0 Å². The maximum Gasteiger partial charge on any atom is 0.340 e. The van der Waals surface area contributed by atoms with Crippen molar-refractivity contribution in [1.82, 2.24) is 4.90 Å². The van der Waals surface area contributed by atoms with Crippen LogP contribution in [0.3, 0.4) is 0 Å². The SMILES string of the molecule is Nc1c(Cl)cccc1C(=O)OCC(=O)N1CCCCCCC1. The Balaban J connectivity index is 1.89. The van der Waals surface area contributed by atoms with Gasteiger partial charge in [-0.3, -0.25) is 4.79 Å². The molecule has 1 aliphatic heterocycles. The van der Waals surface area contributed by atoms with E-state index in [9.17, 15) is 9.59 Å². The van der Waals surface area contributed by atoms with Crippen molar-refractivity contribution in [2.24, 2.45) is 0 Å². The number of para-hydroxylation sites is 1. The molecule has 1 aromatic rings. The number of hydrogen-bond donors (Lipinski definition) is 1. The standard InChI is InChI=1S/C16H21ClN2O3/c17-13-8-6-7-12(15(13)18)16(21)22-11-14(20)19-9-4-2-1-3-5-10-19/h6-8H,1-5,9-11,18H2. The number of carbonyl (C=O) groups is 2.